The first kappa shape index (κ1) is 12.6. The average molecular weight is 232 g/mol. The summed E-state index contributed by atoms with van der Waals surface area (Å²) in [6.45, 7) is 8.06. The normalized spacial score (nSPS) is 22.6. The molecular formula is C15H24N2. The summed E-state index contributed by atoms with van der Waals surface area (Å²) in [6, 6.07) is 12.1. The van der Waals surface area contributed by atoms with Crippen molar-refractivity contribution in [2.24, 2.45) is 0 Å². The van der Waals surface area contributed by atoms with Crippen LogP contribution in [0.15, 0.2) is 30.3 Å². The van der Waals surface area contributed by atoms with Gasteiger partial charge in [0.2, 0.25) is 0 Å². The molecule has 94 valence electrons. The fraction of sp³-hybridized carbons (Fsp3) is 0.600. The number of hydrogen-bond donors (Lipinski definition) is 1. The Bertz CT molecular complexity index is 317. The zero-order valence-electron chi connectivity index (χ0n) is 11.0. The molecule has 1 aliphatic rings. The number of rotatable bonds is 4. The minimum absolute atomic E-state index is 0.520. The first-order valence-electron chi connectivity index (χ1n) is 6.84. The van der Waals surface area contributed by atoms with Gasteiger partial charge >= 0.3 is 0 Å². The molecule has 0 bridgehead atoms. The van der Waals surface area contributed by atoms with Gasteiger partial charge in [-0.1, -0.05) is 37.3 Å². The summed E-state index contributed by atoms with van der Waals surface area (Å²) < 4.78 is 0. The van der Waals surface area contributed by atoms with Crippen LogP contribution in [0.3, 0.4) is 0 Å². The molecule has 0 aromatic heterocycles. The van der Waals surface area contributed by atoms with E-state index in [1.165, 1.54) is 24.9 Å². The monoisotopic (exact) mass is 232 g/mol. The van der Waals surface area contributed by atoms with Gasteiger partial charge in [-0.15, -0.1) is 0 Å². The van der Waals surface area contributed by atoms with Crippen LogP contribution in [0.5, 0.6) is 0 Å². The summed E-state index contributed by atoms with van der Waals surface area (Å²) in [4.78, 5) is 2.63. The van der Waals surface area contributed by atoms with Gasteiger partial charge in [0.15, 0.2) is 0 Å². The van der Waals surface area contributed by atoms with Crippen molar-refractivity contribution >= 4 is 0 Å². The lowest BCUT2D eigenvalue weighted by Gasteiger charge is -2.38. The van der Waals surface area contributed by atoms with Crippen molar-refractivity contribution < 1.29 is 0 Å². The molecule has 17 heavy (non-hydrogen) atoms. The van der Waals surface area contributed by atoms with Gasteiger partial charge in [0.1, 0.15) is 0 Å². The van der Waals surface area contributed by atoms with Crippen molar-refractivity contribution in [2.75, 3.05) is 19.6 Å². The number of nitrogens with zero attached hydrogens (tertiary/aromatic N) is 1. The van der Waals surface area contributed by atoms with Crippen LogP contribution in [0.1, 0.15) is 38.3 Å². The molecule has 1 fully saturated rings. The van der Waals surface area contributed by atoms with Gasteiger partial charge in [-0.05, 0) is 38.4 Å². The largest absolute Gasteiger partial charge is 0.315 e. The molecule has 1 aromatic carbocycles. The van der Waals surface area contributed by atoms with Crippen LogP contribution in [0.25, 0.3) is 0 Å². The summed E-state index contributed by atoms with van der Waals surface area (Å²) in [5.41, 5.74) is 1.43. The number of benzene rings is 1. The molecule has 2 rings (SSSR count). The lowest BCUT2D eigenvalue weighted by Crippen LogP contribution is -2.46. The van der Waals surface area contributed by atoms with E-state index in [4.69, 9.17) is 0 Å². The van der Waals surface area contributed by atoms with Gasteiger partial charge < -0.3 is 5.32 Å². The van der Waals surface area contributed by atoms with Crippen molar-refractivity contribution in [2.45, 2.75) is 38.8 Å². The Hall–Kier alpha value is -0.860. The third-order valence-electron chi connectivity index (χ3n) is 3.88. The molecule has 2 heteroatoms. The Labute approximate surface area is 105 Å². The second kappa shape index (κ2) is 6.18. The van der Waals surface area contributed by atoms with Crippen LogP contribution in [0.4, 0.5) is 0 Å². The van der Waals surface area contributed by atoms with Crippen LogP contribution in [-0.2, 0) is 0 Å². The second-order valence-electron chi connectivity index (χ2n) is 4.92. The number of nitrogens with one attached hydrogen (secondary N) is 1. The highest BCUT2D eigenvalue weighted by Gasteiger charge is 2.24. The number of piperidine rings is 1. The zero-order valence-corrected chi connectivity index (χ0v) is 11.0. The Morgan fingerprint density at radius 1 is 1.35 bits per heavy atom. The zero-order chi connectivity index (χ0) is 12.1. The van der Waals surface area contributed by atoms with E-state index in [9.17, 15) is 0 Å². The van der Waals surface area contributed by atoms with Crippen molar-refractivity contribution in [3.8, 4) is 0 Å². The van der Waals surface area contributed by atoms with E-state index in [2.05, 4.69) is 54.4 Å². The molecule has 0 radical (unpaired) electrons. The standard InChI is InChI=1S/C15H24N2/c1-3-17(15-10-7-11-16-12-15)13(2)14-8-5-4-6-9-14/h4-6,8-9,13,15-16H,3,7,10-12H2,1-2H3. The molecule has 0 amide bonds. The summed E-state index contributed by atoms with van der Waals surface area (Å²) in [6.07, 6.45) is 2.64. The summed E-state index contributed by atoms with van der Waals surface area (Å²) in [5, 5.41) is 3.51. The van der Waals surface area contributed by atoms with Crippen LogP contribution in [0, 0.1) is 0 Å². The molecule has 1 aliphatic heterocycles. The second-order valence-corrected chi connectivity index (χ2v) is 4.92. The Morgan fingerprint density at radius 3 is 2.71 bits per heavy atom. The first-order chi connectivity index (χ1) is 8.33. The third kappa shape index (κ3) is 3.08. The lowest BCUT2D eigenvalue weighted by atomic mass is 10.0. The predicted molar refractivity (Wildman–Crippen MR) is 73.1 cm³/mol. The molecule has 1 heterocycles. The maximum atomic E-state index is 3.51. The maximum absolute atomic E-state index is 3.51. The van der Waals surface area contributed by atoms with E-state index in [0.29, 0.717) is 12.1 Å². The Balaban J connectivity index is 2.06. The topological polar surface area (TPSA) is 15.3 Å². The van der Waals surface area contributed by atoms with Gasteiger partial charge in [-0.3, -0.25) is 4.90 Å². The molecule has 0 saturated carbocycles. The van der Waals surface area contributed by atoms with Crippen molar-refractivity contribution in [3.05, 3.63) is 35.9 Å². The molecule has 0 spiro atoms. The highest BCUT2D eigenvalue weighted by Crippen LogP contribution is 2.24. The Kier molecular flexibility index (Phi) is 4.57. The molecule has 0 aliphatic carbocycles. The fourth-order valence-electron chi connectivity index (χ4n) is 2.89. The van der Waals surface area contributed by atoms with Crippen LogP contribution >= 0.6 is 0 Å². The highest BCUT2D eigenvalue weighted by molar-refractivity contribution is 5.18. The summed E-state index contributed by atoms with van der Waals surface area (Å²) in [5.74, 6) is 0. The Morgan fingerprint density at radius 2 is 2.12 bits per heavy atom. The minimum atomic E-state index is 0.520. The van der Waals surface area contributed by atoms with Crippen LogP contribution in [0.2, 0.25) is 0 Å². The predicted octanol–water partition coefficient (Wildman–Crippen LogP) is 2.82. The minimum Gasteiger partial charge on any atom is -0.315 e. The van der Waals surface area contributed by atoms with Crippen LogP contribution in [-0.4, -0.2) is 30.6 Å². The summed E-state index contributed by atoms with van der Waals surface area (Å²) in [7, 11) is 0. The smallest absolute Gasteiger partial charge is 0.0323 e. The molecule has 2 nitrogen and oxygen atoms in total. The van der Waals surface area contributed by atoms with E-state index in [-0.39, 0.29) is 0 Å². The van der Waals surface area contributed by atoms with E-state index in [1.54, 1.807) is 0 Å². The quantitative estimate of drug-likeness (QED) is 0.858. The van der Waals surface area contributed by atoms with Crippen molar-refractivity contribution in [3.63, 3.8) is 0 Å². The van der Waals surface area contributed by atoms with Crippen molar-refractivity contribution in [1.82, 2.24) is 10.2 Å². The SMILES string of the molecule is CCN(C1CCCNC1)C(C)c1ccccc1. The van der Waals surface area contributed by atoms with E-state index >= 15 is 0 Å². The van der Waals surface area contributed by atoms with Gasteiger partial charge in [0.05, 0.1) is 0 Å². The van der Waals surface area contributed by atoms with Gasteiger partial charge in [0.25, 0.3) is 0 Å². The summed E-state index contributed by atoms with van der Waals surface area (Å²) >= 11 is 0. The van der Waals surface area contributed by atoms with E-state index in [1.807, 2.05) is 0 Å². The van der Waals surface area contributed by atoms with E-state index in [0.717, 1.165) is 13.1 Å². The van der Waals surface area contributed by atoms with Gasteiger partial charge in [0, 0.05) is 18.6 Å². The van der Waals surface area contributed by atoms with Gasteiger partial charge in [-0.2, -0.15) is 0 Å². The highest BCUT2D eigenvalue weighted by atomic mass is 15.2. The average Bonchev–Trinajstić information content (AvgIpc) is 2.42. The molecule has 2 atom stereocenters. The third-order valence-corrected chi connectivity index (χ3v) is 3.88. The number of likely N-dealkylation sites (N-methyl/N-ethyl adjacent to an activating group) is 1. The fourth-order valence-corrected chi connectivity index (χ4v) is 2.89. The van der Waals surface area contributed by atoms with E-state index < -0.39 is 0 Å². The molecule has 1 saturated heterocycles. The van der Waals surface area contributed by atoms with Crippen LogP contribution < -0.4 is 5.32 Å². The molecule has 1 aromatic rings. The first-order valence-corrected chi connectivity index (χ1v) is 6.84. The molecule has 1 N–H and O–H groups in total. The van der Waals surface area contributed by atoms with Crippen molar-refractivity contribution in [1.29, 1.82) is 0 Å². The van der Waals surface area contributed by atoms with Gasteiger partial charge in [-0.25, -0.2) is 0 Å². The molecular weight excluding hydrogens is 208 g/mol. The lowest BCUT2D eigenvalue weighted by molar-refractivity contribution is 0.128. The molecule has 2 unspecified atom stereocenters. The number of hydrogen-bond acceptors (Lipinski definition) is 2. The maximum Gasteiger partial charge on any atom is 0.0323 e.